The number of hydrogen-bond acceptors (Lipinski definition) is 1. The molecule has 0 fully saturated rings. The molecule has 0 amide bonds. The molecule has 0 heterocycles. The topological polar surface area (TPSA) is 12.4 Å². The van der Waals surface area contributed by atoms with Crippen molar-refractivity contribution < 1.29 is 4.59 Å². The zero-order chi connectivity index (χ0) is 12.9. The monoisotopic (exact) mass is 231 g/mol. The van der Waals surface area contributed by atoms with Crippen LogP contribution < -0.4 is 0 Å². The molecular formula is C15H23N2+. The van der Waals surface area contributed by atoms with Crippen LogP contribution in [0, 0.1) is 5.92 Å². The number of allylic oxidation sites excluding steroid dienone is 1. The second-order valence-electron chi connectivity index (χ2n) is 5.22. The van der Waals surface area contributed by atoms with Crippen molar-refractivity contribution in [3.63, 3.8) is 0 Å². The second kappa shape index (κ2) is 5.78. The summed E-state index contributed by atoms with van der Waals surface area (Å²) in [7, 11) is 6.22. The van der Waals surface area contributed by atoms with E-state index in [4.69, 9.17) is 5.10 Å². The molecule has 0 saturated carbocycles. The van der Waals surface area contributed by atoms with Crippen LogP contribution in [0.3, 0.4) is 0 Å². The van der Waals surface area contributed by atoms with E-state index in [1.54, 1.807) is 0 Å². The minimum atomic E-state index is 0.396. The lowest BCUT2D eigenvalue weighted by Gasteiger charge is -2.20. The maximum atomic E-state index is 4.80. The van der Waals surface area contributed by atoms with Gasteiger partial charge < -0.3 is 0 Å². The summed E-state index contributed by atoms with van der Waals surface area (Å²) in [4.78, 5) is 0. The van der Waals surface area contributed by atoms with Crippen molar-refractivity contribution in [1.82, 2.24) is 0 Å². The van der Waals surface area contributed by atoms with Gasteiger partial charge in [0, 0.05) is 11.5 Å². The maximum absolute atomic E-state index is 4.80. The summed E-state index contributed by atoms with van der Waals surface area (Å²) in [5, 5.41) is 4.80. The molecule has 0 radical (unpaired) electrons. The highest BCUT2D eigenvalue weighted by atomic mass is 15.6. The van der Waals surface area contributed by atoms with Gasteiger partial charge >= 0.3 is 0 Å². The van der Waals surface area contributed by atoms with E-state index in [1.165, 1.54) is 5.56 Å². The van der Waals surface area contributed by atoms with Gasteiger partial charge in [0.05, 0.1) is 21.1 Å². The Balaban J connectivity index is 3.12. The van der Waals surface area contributed by atoms with Gasteiger partial charge in [-0.1, -0.05) is 48.4 Å². The first-order valence-electron chi connectivity index (χ1n) is 6.02. The van der Waals surface area contributed by atoms with Gasteiger partial charge in [0.1, 0.15) is 5.71 Å². The second-order valence-corrected chi connectivity index (χ2v) is 5.22. The fraction of sp³-hybridized carbons (Fsp3) is 0.400. The maximum Gasteiger partial charge on any atom is 0.106 e. The van der Waals surface area contributed by atoms with E-state index in [1.807, 2.05) is 12.1 Å². The summed E-state index contributed by atoms with van der Waals surface area (Å²) in [6, 6.07) is 10.4. The lowest BCUT2D eigenvalue weighted by atomic mass is 9.95. The molecule has 1 rings (SSSR count). The molecule has 0 aliphatic heterocycles. The van der Waals surface area contributed by atoms with Crippen LogP contribution in [-0.4, -0.2) is 31.4 Å². The van der Waals surface area contributed by atoms with Gasteiger partial charge in [-0.15, -0.1) is 6.58 Å². The molecule has 1 aromatic rings. The van der Waals surface area contributed by atoms with E-state index in [9.17, 15) is 0 Å². The minimum Gasteiger partial charge on any atom is -0.205 e. The molecule has 0 saturated heterocycles. The van der Waals surface area contributed by atoms with E-state index >= 15 is 0 Å². The van der Waals surface area contributed by atoms with E-state index in [-0.39, 0.29) is 0 Å². The Bertz CT molecular complexity index is 385. The van der Waals surface area contributed by atoms with Gasteiger partial charge in [-0.25, -0.2) is 4.59 Å². The average Bonchev–Trinajstić information content (AvgIpc) is 2.26. The van der Waals surface area contributed by atoms with Crippen molar-refractivity contribution in [2.24, 2.45) is 11.0 Å². The summed E-state index contributed by atoms with van der Waals surface area (Å²) in [5.41, 5.74) is 2.35. The van der Waals surface area contributed by atoms with Gasteiger partial charge in [-0.3, -0.25) is 0 Å². The Labute approximate surface area is 105 Å². The molecule has 0 bridgehead atoms. The van der Waals surface area contributed by atoms with Crippen molar-refractivity contribution >= 4 is 5.71 Å². The molecule has 2 nitrogen and oxygen atoms in total. The van der Waals surface area contributed by atoms with Crippen LogP contribution in [0.2, 0.25) is 0 Å². The number of benzene rings is 1. The number of rotatable bonds is 5. The molecule has 1 atom stereocenters. The standard InChI is InChI=1S/C15H23N2/c1-6-10-13(2)15(16-17(3,4)5)14-11-8-7-9-12-14/h6-9,11-13H,1,10H2,2-5H3/q+1/b16-15+/t13-/m0/s1. The van der Waals surface area contributed by atoms with E-state index < -0.39 is 0 Å². The van der Waals surface area contributed by atoms with Crippen LogP contribution in [0.15, 0.2) is 48.1 Å². The third-order valence-corrected chi connectivity index (χ3v) is 2.46. The third kappa shape index (κ3) is 4.53. The quantitative estimate of drug-likeness (QED) is 0.319. The first-order valence-corrected chi connectivity index (χ1v) is 6.02. The van der Waals surface area contributed by atoms with Gasteiger partial charge in [0.2, 0.25) is 0 Å². The Hall–Kier alpha value is -1.41. The van der Waals surface area contributed by atoms with E-state index in [0.717, 1.165) is 12.1 Å². The summed E-state index contributed by atoms with van der Waals surface area (Å²) in [6.07, 6.45) is 2.91. The summed E-state index contributed by atoms with van der Waals surface area (Å²) >= 11 is 0. The van der Waals surface area contributed by atoms with Crippen molar-refractivity contribution in [3.05, 3.63) is 48.6 Å². The predicted octanol–water partition coefficient (Wildman–Crippen LogP) is 3.31. The highest BCUT2D eigenvalue weighted by Gasteiger charge is 2.17. The van der Waals surface area contributed by atoms with E-state index in [0.29, 0.717) is 10.5 Å². The molecule has 17 heavy (non-hydrogen) atoms. The zero-order valence-corrected chi connectivity index (χ0v) is 11.4. The molecule has 0 N–H and O–H groups in total. The molecule has 0 spiro atoms. The molecule has 0 aliphatic carbocycles. The van der Waals surface area contributed by atoms with Crippen molar-refractivity contribution in [2.75, 3.05) is 21.1 Å². The summed E-state index contributed by atoms with van der Waals surface area (Å²) in [6.45, 7) is 6.01. The highest BCUT2D eigenvalue weighted by molar-refractivity contribution is 6.01. The molecular weight excluding hydrogens is 208 g/mol. The lowest BCUT2D eigenvalue weighted by Crippen LogP contribution is -2.31. The van der Waals surface area contributed by atoms with Crippen LogP contribution in [0.1, 0.15) is 18.9 Å². The Kier molecular flexibility index (Phi) is 4.64. The Morgan fingerprint density at radius 2 is 1.88 bits per heavy atom. The third-order valence-electron chi connectivity index (χ3n) is 2.46. The molecule has 0 aromatic heterocycles. The first-order chi connectivity index (χ1) is 7.94. The molecule has 92 valence electrons. The first kappa shape index (κ1) is 13.7. The molecule has 1 aromatic carbocycles. The van der Waals surface area contributed by atoms with Crippen LogP contribution in [0.5, 0.6) is 0 Å². The van der Waals surface area contributed by atoms with Gasteiger partial charge in [0.25, 0.3) is 0 Å². The van der Waals surface area contributed by atoms with Crippen molar-refractivity contribution in [1.29, 1.82) is 0 Å². The highest BCUT2D eigenvalue weighted by Crippen LogP contribution is 2.15. The van der Waals surface area contributed by atoms with Crippen molar-refractivity contribution in [3.8, 4) is 0 Å². The van der Waals surface area contributed by atoms with Crippen molar-refractivity contribution in [2.45, 2.75) is 13.3 Å². The van der Waals surface area contributed by atoms with Crippen LogP contribution in [-0.2, 0) is 0 Å². The van der Waals surface area contributed by atoms with Gasteiger partial charge in [-0.05, 0) is 6.42 Å². The summed E-state index contributed by atoms with van der Waals surface area (Å²) < 4.78 is 0.589. The minimum absolute atomic E-state index is 0.396. The smallest absolute Gasteiger partial charge is 0.106 e. The van der Waals surface area contributed by atoms with E-state index in [2.05, 4.69) is 58.9 Å². The normalized spacial score (nSPS) is 14.5. The molecule has 0 aliphatic rings. The molecule has 0 unspecified atom stereocenters. The largest absolute Gasteiger partial charge is 0.205 e. The van der Waals surface area contributed by atoms with Gasteiger partial charge in [-0.2, -0.15) is 0 Å². The molecule has 2 heteroatoms. The number of quaternary nitrogens is 1. The average molecular weight is 231 g/mol. The number of nitrogens with zero attached hydrogens (tertiary/aromatic N) is 2. The SMILES string of the molecule is C=CC[C@H](C)/C(=N\[N+](C)(C)C)c1ccccc1. The fourth-order valence-corrected chi connectivity index (χ4v) is 1.73. The Morgan fingerprint density at radius 3 is 2.35 bits per heavy atom. The summed E-state index contributed by atoms with van der Waals surface area (Å²) in [5.74, 6) is 0.396. The Morgan fingerprint density at radius 1 is 1.29 bits per heavy atom. The zero-order valence-electron chi connectivity index (χ0n) is 11.4. The predicted molar refractivity (Wildman–Crippen MR) is 75.0 cm³/mol. The van der Waals surface area contributed by atoms with Crippen LogP contribution in [0.25, 0.3) is 0 Å². The van der Waals surface area contributed by atoms with Crippen LogP contribution in [0.4, 0.5) is 0 Å². The lowest BCUT2D eigenvalue weighted by molar-refractivity contribution is -0.877. The fourth-order valence-electron chi connectivity index (χ4n) is 1.73. The van der Waals surface area contributed by atoms with Gasteiger partial charge in [0.15, 0.2) is 0 Å². The van der Waals surface area contributed by atoms with Crippen LogP contribution >= 0.6 is 0 Å². The number of hydrogen-bond donors (Lipinski definition) is 0.